The van der Waals surface area contributed by atoms with Crippen molar-refractivity contribution >= 4 is 11.8 Å². The predicted molar refractivity (Wildman–Crippen MR) is 48.3 cm³/mol. The van der Waals surface area contributed by atoms with E-state index in [2.05, 4.69) is 0 Å². The maximum atomic E-state index is 11.3. The van der Waals surface area contributed by atoms with Crippen LogP contribution < -0.4 is 0 Å². The molecule has 72 valence electrons. The lowest BCUT2D eigenvalue weighted by Crippen LogP contribution is -2.14. The number of hydrogen-bond donors (Lipinski definition) is 1. The van der Waals surface area contributed by atoms with Gasteiger partial charge in [0.25, 0.3) is 0 Å². The molecule has 0 aliphatic heterocycles. The number of aliphatic carboxylic acids is 1. The number of carboxylic acid groups (broad SMARTS) is 1. The summed E-state index contributed by atoms with van der Waals surface area (Å²) in [7, 11) is 0. The van der Waals surface area contributed by atoms with E-state index in [9.17, 15) is 9.59 Å². The van der Waals surface area contributed by atoms with Gasteiger partial charge in [-0.25, -0.2) is 4.79 Å². The molecule has 0 spiro atoms. The van der Waals surface area contributed by atoms with Crippen LogP contribution in [0.25, 0.3) is 0 Å². The number of carbonyl (C=O) groups excluding carboxylic acids is 1. The topological polar surface area (TPSA) is 54.4 Å². The molecule has 0 aromatic carbocycles. The Balaban J connectivity index is 2.51. The van der Waals surface area contributed by atoms with E-state index in [1.165, 1.54) is 0 Å². The van der Waals surface area contributed by atoms with Crippen molar-refractivity contribution in [2.24, 2.45) is 11.8 Å². The van der Waals surface area contributed by atoms with Crippen molar-refractivity contribution in [1.82, 2.24) is 0 Å². The van der Waals surface area contributed by atoms with Crippen LogP contribution in [0.15, 0.2) is 12.2 Å². The van der Waals surface area contributed by atoms with Crippen molar-refractivity contribution in [3.8, 4) is 0 Å². The summed E-state index contributed by atoms with van der Waals surface area (Å²) in [6, 6.07) is 0. The fourth-order valence-electron chi connectivity index (χ4n) is 1.77. The van der Waals surface area contributed by atoms with E-state index in [4.69, 9.17) is 5.11 Å². The SMILES string of the molecule is CC(/C=C/C(=O)O)C1CCCC1=O. The second kappa shape index (κ2) is 4.21. The molecule has 1 rings (SSSR count). The van der Waals surface area contributed by atoms with Gasteiger partial charge in [0.1, 0.15) is 5.78 Å². The number of rotatable bonds is 3. The van der Waals surface area contributed by atoms with Crippen LogP contribution in [0.4, 0.5) is 0 Å². The summed E-state index contributed by atoms with van der Waals surface area (Å²) >= 11 is 0. The molecule has 13 heavy (non-hydrogen) atoms. The molecule has 1 saturated carbocycles. The van der Waals surface area contributed by atoms with Gasteiger partial charge >= 0.3 is 5.97 Å². The zero-order valence-electron chi connectivity index (χ0n) is 7.69. The van der Waals surface area contributed by atoms with Crippen molar-refractivity contribution < 1.29 is 14.7 Å². The van der Waals surface area contributed by atoms with Crippen LogP contribution >= 0.6 is 0 Å². The van der Waals surface area contributed by atoms with E-state index < -0.39 is 5.97 Å². The highest BCUT2D eigenvalue weighted by atomic mass is 16.4. The van der Waals surface area contributed by atoms with E-state index >= 15 is 0 Å². The summed E-state index contributed by atoms with van der Waals surface area (Å²) in [5.41, 5.74) is 0. The summed E-state index contributed by atoms with van der Waals surface area (Å²) in [5, 5.41) is 8.40. The van der Waals surface area contributed by atoms with Gasteiger partial charge < -0.3 is 5.11 Å². The van der Waals surface area contributed by atoms with Crippen molar-refractivity contribution in [3.05, 3.63) is 12.2 Å². The van der Waals surface area contributed by atoms with Gasteiger partial charge in [0, 0.05) is 18.4 Å². The molecule has 3 heteroatoms. The quantitative estimate of drug-likeness (QED) is 0.675. The van der Waals surface area contributed by atoms with Crippen LogP contribution in [-0.4, -0.2) is 16.9 Å². The Morgan fingerprint density at radius 2 is 2.38 bits per heavy atom. The molecular formula is C10H14O3. The lowest BCUT2D eigenvalue weighted by Gasteiger charge is -2.12. The normalized spacial score (nSPS) is 25.3. The molecular weight excluding hydrogens is 168 g/mol. The number of allylic oxidation sites excluding steroid dienone is 1. The zero-order valence-corrected chi connectivity index (χ0v) is 7.69. The average molecular weight is 182 g/mol. The van der Waals surface area contributed by atoms with Gasteiger partial charge in [0.05, 0.1) is 0 Å². The minimum atomic E-state index is -0.947. The highest BCUT2D eigenvalue weighted by Crippen LogP contribution is 2.28. The van der Waals surface area contributed by atoms with Crippen LogP contribution in [-0.2, 0) is 9.59 Å². The Morgan fingerprint density at radius 3 is 2.85 bits per heavy atom. The van der Waals surface area contributed by atoms with E-state index in [0.29, 0.717) is 6.42 Å². The van der Waals surface area contributed by atoms with Gasteiger partial charge in [-0.1, -0.05) is 13.0 Å². The number of hydrogen-bond acceptors (Lipinski definition) is 2. The third kappa shape index (κ3) is 2.68. The largest absolute Gasteiger partial charge is 0.478 e. The molecule has 1 aliphatic rings. The number of ketones is 1. The van der Waals surface area contributed by atoms with Crippen molar-refractivity contribution in [3.63, 3.8) is 0 Å². The first kappa shape index (κ1) is 9.96. The maximum Gasteiger partial charge on any atom is 0.327 e. The number of Topliss-reactive ketones (excluding diaryl/α,β-unsaturated/α-hetero) is 1. The summed E-state index contributed by atoms with van der Waals surface area (Å²) in [5.74, 6) is -0.554. The average Bonchev–Trinajstić information content (AvgIpc) is 2.47. The Bertz CT molecular complexity index is 243. The van der Waals surface area contributed by atoms with Gasteiger partial charge in [-0.15, -0.1) is 0 Å². The third-order valence-corrected chi connectivity index (χ3v) is 2.53. The zero-order chi connectivity index (χ0) is 9.84. The van der Waals surface area contributed by atoms with Gasteiger partial charge in [-0.05, 0) is 18.8 Å². The Morgan fingerprint density at radius 1 is 1.69 bits per heavy atom. The minimum absolute atomic E-state index is 0.0515. The maximum absolute atomic E-state index is 11.3. The minimum Gasteiger partial charge on any atom is -0.478 e. The number of carbonyl (C=O) groups is 2. The molecule has 0 amide bonds. The fourth-order valence-corrected chi connectivity index (χ4v) is 1.77. The Labute approximate surface area is 77.4 Å². The molecule has 2 unspecified atom stereocenters. The second-order valence-corrected chi connectivity index (χ2v) is 3.52. The monoisotopic (exact) mass is 182 g/mol. The van der Waals surface area contributed by atoms with Crippen molar-refractivity contribution in [1.29, 1.82) is 0 Å². The first-order valence-electron chi connectivity index (χ1n) is 4.55. The van der Waals surface area contributed by atoms with Crippen molar-refractivity contribution in [2.45, 2.75) is 26.2 Å². The van der Waals surface area contributed by atoms with Gasteiger partial charge in [-0.3, -0.25) is 4.79 Å². The van der Waals surface area contributed by atoms with Crippen LogP contribution in [0.3, 0.4) is 0 Å². The molecule has 0 bridgehead atoms. The third-order valence-electron chi connectivity index (χ3n) is 2.53. The van der Waals surface area contributed by atoms with Crippen LogP contribution in [0.2, 0.25) is 0 Å². The molecule has 0 radical (unpaired) electrons. The molecule has 2 atom stereocenters. The molecule has 1 aliphatic carbocycles. The molecule has 3 nitrogen and oxygen atoms in total. The Kier molecular flexibility index (Phi) is 3.23. The summed E-state index contributed by atoms with van der Waals surface area (Å²) < 4.78 is 0. The molecule has 0 aromatic rings. The van der Waals surface area contributed by atoms with E-state index in [0.717, 1.165) is 18.9 Å². The first-order chi connectivity index (χ1) is 6.11. The van der Waals surface area contributed by atoms with E-state index in [1.54, 1.807) is 6.08 Å². The number of carboxylic acids is 1. The van der Waals surface area contributed by atoms with Gasteiger partial charge in [-0.2, -0.15) is 0 Å². The second-order valence-electron chi connectivity index (χ2n) is 3.52. The highest BCUT2D eigenvalue weighted by Gasteiger charge is 2.27. The summed E-state index contributed by atoms with van der Waals surface area (Å²) in [4.78, 5) is 21.5. The van der Waals surface area contributed by atoms with Crippen molar-refractivity contribution in [2.75, 3.05) is 0 Å². The molecule has 1 N–H and O–H groups in total. The lowest BCUT2D eigenvalue weighted by atomic mass is 9.91. The predicted octanol–water partition coefficient (Wildman–Crippen LogP) is 1.63. The molecule has 0 aromatic heterocycles. The molecule has 1 fully saturated rings. The summed E-state index contributed by atoms with van der Waals surface area (Å²) in [6.07, 6.45) is 5.25. The van der Waals surface area contributed by atoms with E-state index in [-0.39, 0.29) is 17.6 Å². The van der Waals surface area contributed by atoms with Crippen LogP contribution in [0.1, 0.15) is 26.2 Å². The molecule has 0 heterocycles. The highest BCUT2D eigenvalue weighted by molar-refractivity contribution is 5.84. The van der Waals surface area contributed by atoms with Gasteiger partial charge in [0.15, 0.2) is 0 Å². The Hall–Kier alpha value is -1.12. The standard InChI is InChI=1S/C10H14O3/c1-7(5-6-10(12)13)8-3-2-4-9(8)11/h5-8H,2-4H2,1H3,(H,12,13)/b6-5+. The smallest absolute Gasteiger partial charge is 0.327 e. The van der Waals surface area contributed by atoms with Crippen LogP contribution in [0, 0.1) is 11.8 Å². The fraction of sp³-hybridized carbons (Fsp3) is 0.600. The van der Waals surface area contributed by atoms with E-state index in [1.807, 2.05) is 6.92 Å². The first-order valence-corrected chi connectivity index (χ1v) is 4.55. The summed E-state index contributed by atoms with van der Waals surface area (Å²) in [6.45, 7) is 1.90. The lowest BCUT2D eigenvalue weighted by molar-refractivity contribution is -0.131. The van der Waals surface area contributed by atoms with Gasteiger partial charge in [0.2, 0.25) is 0 Å². The molecule has 0 saturated heterocycles. The van der Waals surface area contributed by atoms with Crippen LogP contribution in [0.5, 0.6) is 0 Å².